The van der Waals surface area contributed by atoms with Crippen molar-refractivity contribution in [2.75, 3.05) is 0 Å². The minimum Gasteiger partial charge on any atom is -0.256 e. The molecule has 0 saturated heterocycles. The lowest BCUT2D eigenvalue weighted by atomic mass is 10.0. The summed E-state index contributed by atoms with van der Waals surface area (Å²) in [7, 11) is 0. The van der Waals surface area contributed by atoms with Crippen molar-refractivity contribution < 1.29 is 0 Å². The van der Waals surface area contributed by atoms with E-state index in [4.69, 9.17) is 4.98 Å². The molecule has 2 nitrogen and oxygen atoms in total. The van der Waals surface area contributed by atoms with E-state index in [2.05, 4.69) is 61.3 Å². The third kappa shape index (κ3) is 2.84. The Bertz CT molecular complexity index is 763. The fourth-order valence-electron chi connectivity index (χ4n) is 2.43. The third-order valence-electron chi connectivity index (χ3n) is 3.65. The van der Waals surface area contributed by atoms with Gasteiger partial charge in [0, 0.05) is 23.0 Å². The molecule has 21 heavy (non-hydrogen) atoms. The molecule has 0 unspecified atom stereocenters. The maximum Gasteiger partial charge on any atom is 0.0711 e. The van der Waals surface area contributed by atoms with Gasteiger partial charge in [0.15, 0.2) is 0 Å². The van der Waals surface area contributed by atoms with Crippen molar-refractivity contribution in [3.05, 3.63) is 72.1 Å². The van der Waals surface area contributed by atoms with Crippen LogP contribution in [-0.4, -0.2) is 9.97 Å². The number of nitrogens with zero attached hydrogens (tertiary/aromatic N) is 2. The summed E-state index contributed by atoms with van der Waals surface area (Å²) in [5, 5.41) is 0. The van der Waals surface area contributed by atoms with E-state index in [0.29, 0.717) is 0 Å². The molecule has 2 heteroatoms. The fraction of sp³-hybridized carbons (Fsp3) is 0.158. The van der Waals surface area contributed by atoms with E-state index in [9.17, 15) is 0 Å². The van der Waals surface area contributed by atoms with Crippen LogP contribution < -0.4 is 0 Å². The number of aryl methyl sites for hydroxylation is 2. The molecule has 0 fully saturated rings. The highest BCUT2D eigenvalue weighted by Crippen LogP contribution is 2.25. The molecule has 0 aliphatic heterocycles. The van der Waals surface area contributed by atoms with Gasteiger partial charge in [0.1, 0.15) is 0 Å². The molecule has 0 bridgehead atoms. The van der Waals surface area contributed by atoms with Crippen molar-refractivity contribution in [1.29, 1.82) is 0 Å². The Hall–Kier alpha value is -2.48. The Morgan fingerprint density at radius 1 is 0.905 bits per heavy atom. The zero-order valence-electron chi connectivity index (χ0n) is 12.4. The highest BCUT2D eigenvalue weighted by atomic mass is 14.7. The largest absolute Gasteiger partial charge is 0.256 e. The predicted molar refractivity (Wildman–Crippen MR) is 87.0 cm³/mol. The predicted octanol–water partition coefficient (Wildman–Crippen LogP) is 4.68. The minimum atomic E-state index is 0.948. The lowest BCUT2D eigenvalue weighted by Gasteiger charge is -2.08. The Morgan fingerprint density at radius 2 is 1.76 bits per heavy atom. The van der Waals surface area contributed by atoms with Gasteiger partial charge in [-0.3, -0.25) is 9.97 Å². The van der Waals surface area contributed by atoms with Gasteiger partial charge in [0.05, 0.1) is 11.4 Å². The van der Waals surface area contributed by atoms with Crippen molar-refractivity contribution in [3.8, 4) is 22.5 Å². The second kappa shape index (κ2) is 5.88. The summed E-state index contributed by atoms with van der Waals surface area (Å²) >= 11 is 0. The molecule has 3 aromatic rings. The number of hydrogen-bond acceptors (Lipinski definition) is 2. The molecule has 104 valence electrons. The van der Waals surface area contributed by atoms with E-state index in [1.807, 2.05) is 18.3 Å². The Kier molecular flexibility index (Phi) is 3.78. The van der Waals surface area contributed by atoms with Crippen LogP contribution in [0.3, 0.4) is 0 Å². The van der Waals surface area contributed by atoms with Crippen molar-refractivity contribution in [2.45, 2.75) is 20.3 Å². The van der Waals surface area contributed by atoms with Gasteiger partial charge in [0.2, 0.25) is 0 Å². The summed E-state index contributed by atoms with van der Waals surface area (Å²) in [6.07, 6.45) is 2.81. The Labute approximate surface area is 125 Å². The van der Waals surface area contributed by atoms with Crippen LogP contribution in [0.1, 0.15) is 18.2 Å². The van der Waals surface area contributed by atoms with Crippen molar-refractivity contribution >= 4 is 0 Å². The molecule has 0 atom stereocenters. The molecule has 2 heterocycles. The molecule has 0 N–H and O–H groups in total. The summed E-state index contributed by atoms with van der Waals surface area (Å²) in [5.41, 5.74) is 6.63. The quantitative estimate of drug-likeness (QED) is 0.693. The Balaban J connectivity index is 2.06. The van der Waals surface area contributed by atoms with Gasteiger partial charge in [-0.05, 0) is 43.2 Å². The maximum atomic E-state index is 4.69. The fourth-order valence-corrected chi connectivity index (χ4v) is 2.43. The lowest BCUT2D eigenvalue weighted by molar-refractivity contribution is 1.04. The zero-order chi connectivity index (χ0) is 14.7. The van der Waals surface area contributed by atoms with Crippen LogP contribution in [0.4, 0.5) is 0 Å². The first-order valence-electron chi connectivity index (χ1n) is 7.26. The molecule has 0 aliphatic rings. The number of hydrogen-bond donors (Lipinski definition) is 0. The van der Waals surface area contributed by atoms with Crippen LogP contribution in [-0.2, 0) is 6.42 Å². The van der Waals surface area contributed by atoms with E-state index in [1.165, 1.54) is 11.1 Å². The molecule has 0 amide bonds. The summed E-state index contributed by atoms with van der Waals surface area (Å²) < 4.78 is 0. The average molecular weight is 274 g/mol. The summed E-state index contributed by atoms with van der Waals surface area (Å²) in [4.78, 5) is 9.20. The molecule has 0 saturated carbocycles. The van der Waals surface area contributed by atoms with Gasteiger partial charge in [-0.1, -0.05) is 37.3 Å². The number of benzene rings is 1. The number of aromatic nitrogens is 2. The highest BCUT2D eigenvalue weighted by molar-refractivity contribution is 5.70. The van der Waals surface area contributed by atoms with E-state index in [-0.39, 0.29) is 0 Å². The van der Waals surface area contributed by atoms with Crippen molar-refractivity contribution in [1.82, 2.24) is 9.97 Å². The van der Waals surface area contributed by atoms with Crippen LogP contribution in [0.5, 0.6) is 0 Å². The van der Waals surface area contributed by atoms with Gasteiger partial charge in [-0.25, -0.2) is 0 Å². The monoisotopic (exact) mass is 274 g/mol. The van der Waals surface area contributed by atoms with E-state index in [1.54, 1.807) is 0 Å². The normalized spacial score (nSPS) is 10.6. The first kappa shape index (κ1) is 13.5. The van der Waals surface area contributed by atoms with Crippen LogP contribution in [0.15, 0.2) is 60.8 Å². The minimum absolute atomic E-state index is 0.948. The second-order valence-electron chi connectivity index (χ2n) is 5.11. The van der Waals surface area contributed by atoms with E-state index >= 15 is 0 Å². The van der Waals surface area contributed by atoms with Crippen LogP contribution in [0.2, 0.25) is 0 Å². The molecule has 0 spiro atoms. The second-order valence-corrected chi connectivity index (χ2v) is 5.11. The first-order chi connectivity index (χ1) is 10.3. The third-order valence-corrected chi connectivity index (χ3v) is 3.65. The summed E-state index contributed by atoms with van der Waals surface area (Å²) in [6.45, 7) is 4.23. The molecule has 0 aliphatic carbocycles. The van der Waals surface area contributed by atoms with Gasteiger partial charge in [-0.2, -0.15) is 0 Å². The molecule has 3 rings (SSSR count). The first-order valence-corrected chi connectivity index (χ1v) is 7.26. The van der Waals surface area contributed by atoms with Crippen molar-refractivity contribution in [2.24, 2.45) is 0 Å². The van der Waals surface area contributed by atoms with Gasteiger partial charge in [-0.15, -0.1) is 0 Å². The molecular weight excluding hydrogens is 256 g/mol. The number of rotatable bonds is 3. The van der Waals surface area contributed by atoms with Crippen LogP contribution >= 0.6 is 0 Å². The van der Waals surface area contributed by atoms with Gasteiger partial charge in [0.25, 0.3) is 0 Å². The molecular formula is C19H18N2. The topological polar surface area (TPSA) is 25.8 Å². The van der Waals surface area contributed by atoms with Crippen molar-refractivity contribution in [3.63, 3.8) is 0 Å². The standard InChI is InChI=1S/C19H18N2/c1-3-16-8-6-10-18(21-16)15-11-12-20-19(13-15)17-9-5-4-7-14(17)2/h4-13H,3H2,1-2H3. The van der Waals surface area contributed by atoms with Gasteiger partial charge < -0.3 is 0 Å². The average Bonchev–Trinajstić information content (AvgIpc) is 2.55. The van der Waals surface area contributed by atoms with E-state index < -0.39 is 0 Å². The summed E-state index contributed by atoms with van der Waals surface area (Å²) in [6, 6.07) is 18.6. The highest BCUT2D eigenvalue weighted by Gasteiger charge is 2.06. The summed E-state index contributed by atoms with van der Waals surface area (Å²) in [5.74, 6) is 0. The molecule has 1 aromatic carbocycles. The lowest BCUT2D eigenvalue weighted by Crippen LogP contribution is -1.92. The van der Waals surface area contributed by atoms with Crippen LogP contribution in [0, 0.1) is 6.92 Å². The maximum absolute atomic E-state index is 4.69. The smallest absolute Gasteiger partial charge is 0.0711 e. The van der Waals surface area contributed by atoms with Crippen LogP contribution in [0.25, 0.3) is 22.5 Å². The molecule has 0 radical (unpaired) electrons. The number of pyridine rings is 2. The molecule has 2 aromatic heterocycles. The zero-order valence-corrected chi connectivity index (χ0v) is 12.4. The van der Waals surface area contributed by atoms with Gasteiger partial charge >= 0.3 is 0 Å². The Morgan fingerprint density at radius 3 is 2.57 bits per heavy atom. The van der Waals surface area contributed by atoms with E-state index in [0.717, 1.165) is 29.1 Å². The SMILES string of the molecule is CCc1cccc(-c2ccnc(-c3ccccc3C)c2)n1.